The van der Waals surface area contributed by atoms with Crippen LogP contribution in [0.5, 0.6) is 0 Å². The van der Waals surface area contributed by atoms with Crippen LogP contribution in [0.25, 0.3) is 15.9 Å². The molecule has 1 aromatic carbocycles. The fourth-order valence-corrected chi connectivity index (χ4v) is 6.01. The van der Waals surface area contributed by atoms with Crippen molar-refractivity contribution in [3.05, 3.63) is 58.5 Å². The van der Waals surface area contributed by atoms with Gasteiger partial charge in [0.05, 0.1) is 5.39 Å². The summed E-state index contributed by atoms with van der Waals surface area (Å²) in [5.41, 5.74) is 3.91. The van der Waals surface area contributed by atoms with Gasteiger partial charge in [-0.05, 0) is 48.6 Å². The average molecular weight is 375 g/mol. The lowest BCUT2D eigenvalue weighted by Crippen LogP contribution is -2.11. The molecule has 0 spiro atoms. The van der Waals surface area contributed by atoms with Crippen molar-refractivity contribution in [2.24, 2.45) is 5.92 Å². The van der Waals surface area contributed by atoms with Crippen molar-refractivity contribution in [1.29, 1.82) is 0 Å². The van der Waals surface area contributed by atoms with Gasteiger partial charge in [0.1, 0.15) is 11.2 Å². The molecular formula is C22H22N4S. The molecule has 3 heterocycles. The minimum absolute atomic E-state index is 0.446. The summed E-state index contributed by atoms with van der Waals surface area (Å²) >= 11 is 1.87. The van der Waals surface area contributed by atoms with Gasteiger partial charge in [0.25, 0.3) is 0 Å². The van der Waals surface area contributed by atoms with Crippen LogP contribution in [0.15, 0.2) is 36.7 Å². The minimum atomic E-state index is 0.446. The van der Waals surface area contributed by atoms with Crippen molar-refractivity contribution >= 4 is 27.2 Å². The SMILES string of the molecule is CC[C@@H]1CCc2c(sc3ncn4nc([C@@H]5C[C@@H]5c5ccccc5)nc4c23)C1. The third-order valence-electron chi connectivity index (χ3n) is 6.43. The maximum absolute atomic E-state index is 5.02. The van der Waals surface area contributed by atoms with E-state index in [-0.39, 0.29) is 0 Å². The smallest absolute Gasteiger partial charge is 0.167 e. The van der Waals surface area contributed by atoms with Crippen molar-refractivity contribution in [3.63, 3.8) is 0 Å². The number of hydrogen-bond donors (Lipinski definition) is 0. The quantitative estimate of drug-likeness (QED) is 0.499. The van der Waals surface area contributed by atoms with Crippen molar-refractivity contribution in [2.45, 2.75) is 50.9 Å². The lowest BCUT2D eigenvalue weighted by atomic mass is 9.86. The molecule has 1 fully saturated rings. The third kappa shape index (κ3) is 2.44. The van der Waals surface area contributed by atoms with E-state index in [0.717, 1.165) is 35.1 Å². The van der Waals surface area contributed by atoms with E-state index in [2.05, 4.69) is 37.3 Å². The van der Waals surface area contributed by atoms with Crippen molar-refractivity contribution in [3.8, 4) is 0 Å². The summed E-state index contributed by atoms with van der Waals surface area (Å²) in [6, 6.07) is 10.8. The van der Waals surface area contributed by atoms with Crippen LogP contribution in [-0.2, 0) is 12.8 Å². The highest BCUT2D eigenvalue weighted by Crippen LogP contribution is 2.53. The summed E-state index contributed by atoms with van der Waals surface area (Å²) < 4.78 is 1.91. The first-order valence-corrected chi connectivity index (χ1v) is 10.8. The van der Waals surface area contributed by atoms with E-state index in [0.29, 0.717) is 11.8 Å². The zero-order valence-corrected chi connectivity index (χ0v) is 16.2. The van der Waals surface area contributed by atoms with Crippen molar-refractivity contribution < 1.29 is 0 Å². The van der Waals surface area contributed by atoms with Gasteiger partial charge in [0, 0.05) is 10.8 Å². The second-order valence-electron chi connectivity index (χ2n) is 8.04. The highest BCUT2D eigenvalue weighted by molar-refractivity contribution is 7.19. The Morgan fingerprint density at radius 2 is 2.07 bits per heavy atom. The number of aryl methyl sites for hydroxylation is 1. The highest BCUT2D eigenvalue weighted by Gasteiger charge is 2.42. The van der Waals surface area contributed by atoms with E-state index >= 15 is 0 Å². The highest BCUT2D eigenvalue weighted by atomic mass is 32.1. The molecule has 4 aromatic rings. The lowest BCUT2D eigenvalue weighted by Gasteiger charge is -2.20. The maximum atomic E-state index is 5.02. The van der Waals surface area contributed by atoms with Gasteiger partial charge >= 0.3 is 0 Å². The van der Waals surface area contributed by atoms with E-state index in [1.165, 1.54) is 40.7 Å². The molecule has 0 radical (unpaired) electrons. The van der Waals surface area contributed by atoms with Gasteiger partial charge in [-0.3, -0.25) is 0 Å². The van der Waals surface area contributed by atoms with E-state index < -0.39 is 0 Å². The zero-order chi connectivity index (χ0) is 18.0. The Labute approximate surface area is 162 Å². The first-order chi connectivity index (χ1) is 13.3. The van der Waals surface area contributed by atoms with Gasteiger partial charge in [-0.15, -0.1) is 16.4 Å². The predicted octanol–water partition coefficient (Wildman–Crippen LogP) is 5.13. The van der Waals surface area contributed by atoms with Gasteiger partial charge < -0.3 is 0 Å². The molecule has 2 aliphatic rings. The van der Waals surface area contributed by atoms with Crippen LogP contribution in [0, 0.1) is 5.92 Å². The third-order valence-corrected chi connectivity index (χ3v) is 7.59. The Hall–Kier alpha value is -2.27. The lowest BCUT2D eigenvalue weighted by molar-refractivity contribution is 0.451. The standard InChI is InChI=1S/C22H22N4S/c1-2-13-8-9-15-18(10-13)27-22-19(15)21-24-20(25-26(21)12-23-22)17-11-16(17)14-6-4-3-5-7-14/h3-7,12-13,16-17H,2,8-11H2,1H3/t13-,16-,17-/m1/s1. The Morgan fingerprint density at radius 1 is 1.19 bits per heavy atom. The summed E-state index contributed by atoms with van der Waals surface area (Å²) in [6.07, 6.45) is 7.93. The van der Waals surface area contributed by atoms with E-state index in [1.807, 2.05) is 22.2 Å². The molecule has 4 nitrogen and oxygen atoms in total. The van der Waals surface area contributed by atoms with E-state index in [4.69, 9.17) is 15.1 Å². The fourth-order valence-electron chi connectivity index (χ4n) is 4.71. The Balaban J connectivity index is 1.42. The molecule has 3 aromatic heterocycles. The van der Waals surface area contributed by atoms with Crippen LogP contribution >= 0.6 is 11.3 Å². The molecule has 136 valence electrons. The number of aromatic nitrogens is 4. The van der Waals surface area contributed by atoms with Crippen molar-refractivity contribution in [2.75, 3.05) is 0 Å². The second-order valence-corrected chi connectivity index (χ2v) is 9.13. The molecule has 3 atom stereocenters. The van der Waals surface area contributed by atoms with Crippen LogP contribution < -0.4 is 0 Å². The summed E-state index contributed by atoms with van der Waals surface area (Å²) in [4.78, 5) is 12.4. The molecule has 2 aliphatic carbocycles. The summed E-state index contributed by atoms with van der Waals surface area (Å²) in [5, 5.41) is 6.07. The number of thiophene rings is 1. The van der Waals surface area contributed by atoms with Crippen LogP contribution in [0.2, 0.25) is 0 Å². The average Bonchev–Trinajstić information content (AvgIpc) is 3.25. The van der Waals surface area contributed by atoms with E-state index in [1.54, 1.807) is 0 Å². The molecular weight excluding hydrogens is 352 g/mol. The number of fused-ring (bicyclic) bond motifs is 5. The number of rotatable bonds is 3. The number of benzene rings is 1. The van der Waals surface area contributed by atoms with Gasteiger partial charge in [-0.1, -0.05) is 43.7 Å². The maximum Gasteiger partial charge on any atom is 0.167 e. The summed E-state index contributed by atoms with van der Waals surface area (Å²) in [6.45, 7) is 2.31. The van der Waals surface area contributed by atoms with E-state index in [9.17, 15) is 0 Å². The molecule has 0 amide bonds. The first kappa shape index (κ1) is 15.8. The van der Waals surface area contributed by atoms with Gasteiger partial charge in [-0.2, -0.15) is 0 Å². The molecule has 0 unspecified atom stereocenters. The molecule has 27 heavy (non-hydrogen) atoms. The minimum Gasteiger partial charge on any atom is -0.225 e. The predicted molar refractivity (Wildman–Crippen MR) is 109 cm³/mol. The molecule has 0 aliphatic heterocycles. The van der Waals surface area contributed by atoms with Gasteiger partial charge in [0.15, 0.2) is 11.5 Å². The Bertz CT molecular complexity index is 1140. The number of nitrogens with zero attached hydrogens (tertiary/aromatic N) is 4. The van der Waals surface area contributed by atoms with Crippen LogP contribution in [0.1, 0.15) is 59.9 Å². The first-order valence-electron chi connectivity index (χ1n) is 10.0. The Morgan fingerprint density at radius 3 is 2.93 bits per heavy atom. The summed E-state index contributed by atoms with van der Waals surface area (Å²) in [7, 11) is 0. The molecule has 0 bridgehead atoms. The molecule has 6 rings (SSSR count). The molecule has 0 N–H and O–H groups in total. The molecule has 0 saturated heterocycles. The van der Waals surface area contributed by atoms with Crippen LogP contribution in [0.4, 0.5) is 0 Å². The van der Waals surface area contributed by atoms with Crippen LogP contribution in [0.3, 0.4) is 0 Å². The Kier molecular flexibility index (Phi) is 3.42. The normalized spacial score (nSPS) is 24.4. The fraction of sp³-hybridized carbons (Fsp3) is 0.409. The number of hydrogen-bond acceptors (Lipinski definition) is 4. The zero-order valence-electron chi connectivity index (χ0n) is 15.4. The topological polar surface area (TPSA) is 43.1 Å². The van der Waals surface area contributed by atoms with Crippen molar-refractivity contribution in [1.82, 2.24) is 19.6 Å². The molecule has 5 heteroatoms. The summed E-state index contributed by atoms with van der Waals surface area (Å²) in [5.74, 6) is 2.82. The largest absolute Gasteiger partial charge is 0.225 e. The van der Waals surface area contributed by atoms with Crippen LogP contribution in [-0.4, -0.2) is 19.6 Å². The second kappa shape index (κ2) is 5.86. The molecule has 1 saturated carbocycles. The van der Waals surface area contributed by atoms with Gasteiger partial charge in [0.2, 0.25) is 0 Å². The van der Waals surface area contributed by atoms with Gasteiger partial charge in [-0.25, -0.2) is 14.5 Å². The monoisotopic (exact) mass is 374 g/mol.